The first-order valence-electron chi connectivity index (χ1n) is 5.15. The Balaban J connectivity index is 0.000000293. The lowest BCUT2D eigenvalue weighted by Gasteiger charge is -2.14. The third-order valence-electron chi connectivity index (χ3n) is 1.84. The number of Topliss-reactive ketones (excluding diaryl/α,β-unsaturated/α-hetero) is 1. The summed E-state index contributed by atoms with van der Waals surface area (Å²) >= 11 is 0. The summed E-state index contributed by atoms with van der Waals surface area (Å²) in [6.07, 6.45) is 0.512. The summed E-state index contributed by atoms with van der Waals surface area (Å²) in [7, 11) is 0. The van der Waals surface area contributed by atoms with Crippen molar-refractivity contribution >= 4 is 12.3 Å². The van der Waals surface area contributed by atoms with Crippen LogP contribution < -0.4 is 5.32 Å². The molecule has 0 amide bonds. The van der Waals surface area contributed by atoms with Gasteiger partial charge in [0.25, 0.3) is 6.47 Å². The summed E-state index contributed by atoms with van der Waals surface area (Å²) in [6.45, 7) is 7.19. The number of piperidine rings is 1. The first kappa shape index (κ1) is 14.6. The Kier molecular flexibility index (Phi) is 6.35. The highest BCUT2D eigenvalue weighted by molar-refractivity contribution is 5.84. The largest absolute Gasteiger partial charge is 0.462 e. The summed E-state index contributed by atoms with van der Waals surface area (Å²) in [4.78, 5) is 20.4. The number of rotatable bonds is 1. The maximum absolute atomic E-state index is 10.8. The van der Waals surface area contributed by atoms with Crippen molar-refractivity contribution in [1.29, 1.82) is 5.26 Å². The number of nitriles is 1. The van der Waals surface area contributed by atoms with Gasteiger partial charge < -0.3 is 10.1 Å². The van der Waals surface area contributed by atoms with Crippen LogP contribution in [0.3, 0.4) is 0 Å². The van der Waals surface area contributed by atoms with Crippen LogP contribution in [0.5, 0.6) is 0 Å². The normalized spacial score (nSPS) is 20.1. The number of hydrogen-bond donors (Lipinski definition) is 1. The van der Waals surface area contributed by atoms with Crippen LogP contribution in [0, 0.1) is 17.2 Å². The predicted molar refractivity (Wildman–Crippen MR) is 58.5 cm³/mol. The van der Waals surface area contributed by atoms with Gasteiger partial charge in [0.2, 0.25) is 0 Å². The summed E-state index contributed by atoms with van der Waals surface area (Å²) in [5.41, 5.74) is -0.318. The van der Waals surface area contributed by atoms with E-state index in [1.165, 1.54) is 0 Å². The fourth-order valence-electron chi connectivity index (χ4n) is 1.01. The Bertz CT molecular complexity index is 276. The average molecular weight is 226 g/mol. The molecule has 1 fully saturated rings. The quantitative estimate of drug-likeness (QED) is 0.664. The van der Waals surface area contributed by atoms with Crippen LogP contribution in [0.15, 0.2) is 0 Å². The molecule has 1 heterocycles. The van der Waals surface area contributed by atoms with E-state index >= 15 is 0 Å². The number of carbonyl (C=O) groups is 2. The van der Waals surface area contributed by atoms with Gasteiger partial charge in [0.05, 0.1) is 6.07 Å². The number of nitrogens with zero attached hydrogens (tertiary/aromatic N) is 1. The molecule has 1 aliphatic rings. The van der Waals surface area contributed by atoms with Gasteiger partial charge in [0, 0.05) is 19.5 Å². The van der Waals surface area contributed by atoms with E-state index in [0.717, 1.165) is 6.54 Å². The fraction of sp³-hybridized carbons (Fsp3) is 0.727. The zero-order valence-electron chi connectivity index (χ0n) is 9.95. The Hall–Kier alpha value is -1.41. The van der Waals surface area contributed by atoms with Gasteiger partial charge in [-0.2, -0.15) is 5.26 Å². The topological polar surface area (TPSA) is 79.2 Å². The van der Waals surface area contributed by atoms with Crippen LogP contribution in [0.4, 0.5) is 0 Å². The van der Waals surface area contributed by atoms with Gasteiger partial charge in [0.1, 0.15) is 11.5 Å². The second-order valence-electron chi connectivity index (χ2n) is 4.43. The summed E-state index contributed by atoms with van der Waals surface area (Å²) in [5.74, 6) is -0.310. The maximum Gasteiger partial charge on any atom is 0.293 e. The predicted octanol–water partition coefficient (Wildman–Crippen LogP) is 0.646. The smallest absolute Gasteiger partial charge is 0.293 e. The van der Waals surface area contributed by atoms with Gasteiger partial charge in [-0.3, -0.25) is 9.59 Å². The van der Waals surface area contributed by atoms with Crippen LogP contribution in [-0.2, 0) is 14.3 Å². The van der Waals surface area contributed by atoms with Gasteiger partial charge >= 0.3 is 0 Å². The molecule has 0 aromatic rings. The Morgan fingerprint density at radius 2 is 2.19 bits per heavy atom. The lowest BCUT2D eigenvalue weighted by molar-refractivity contribution is -0.138. The average Bonchev–Trinajstić information content (AvgIpc) is 2.17. The minimum Gasteiger partial charge on any atom is -0.462 e. The van der Waals surface area contributed by atoms with Crippen molar-refractivity contribution in [2.45, 2.75) is 32.8 Å². The van der Waals surface area contributed by atoms with Crippen LogP contribution in [0.2, 0.25) is 0 Å². The molecule has 0 spiro atoms. The highest BCUT2D eigenvalue weighted by atomic mass is 16.5. The molecule has 0 aromatic carbocycles. The number of ketones is 1. The molecule has 16 heavy (non-hydrogen) atoms. The van der Waals surface area contributed by atoms with Crippen LogP contribution in [-0.4, -0.2) is 30.9 Å². The molecule has 1 N–H and O–H groups in total. The van der Waals surface area contributed by atoms with E-state index in [9.17, 15) is 9.59 Å². The molecule has 0 saturated carbocycles. The van der Waals surface area contributed by atoms with Crippen molar-refractivity contribution in [3.63, 3.8) is 0 Å². The van der Waals surface area contributed by atoms with E-state index in [1.54, 1.807) is 0 Å². The first-order chi connectivity index (χ1) is 7.40. The van der Waals surface area contributed by atoms with Crippen molar-refractivity contribution in [2.24, 2.45) is 5.92 Å². The Labute approximate surface area is 95.8 Å². The fourth-order valence-corrected chi connectivity index (χ4v) is 1.01. The van der Waals surface area contributed by atoms with Crippen molar-refractivity contribution in [3.05, 3.63) is 0 Å². The summed E-state index contributed by atoms with van der Waals surface area (Å²) < 4.78 is 4.55. The second kappa shape index (κ2) is 6.96. The van der Waals surface area contributed by atoms with Crippen molar-refractivity contribution < 1.29 is 14.3 Å². The van der Waals surface area contributed by atoms with E-state index in [1.807, 2.05) is 26.8 Å². The minimum atomic E-state index is -0.390. The number of hydrogen-bond acceptors (Lipinski definition) is 5. The molecule has 1 rings (SSSR count). The van der Waals surface area contributed by atoms with E-state index in [2.05, 4.69) is 10.1 Å². The molecule has 0 aliphatic carbocycles. The van der Waals surface area contributed by atoms with Gasteiger partial charge in [-0.1, -0.05) is 0 Å². The van der Waals surface area contributed by atoms with Gasteiger partial charge in [0.15, 0.2) is 5.78 Å². The molecular formula is C11H18N2O3. The van der Waals surface area contributed by atoms with Gasteiger partial charge in [-0.05, 0) is 20.8 Å². The first-order valence-corrected chi connectivity index (χ1v) is 5.15. The van der Waals surface area contributed by atoms with E-state index in [0.29, 0.717) is 19.4 Å². The van der Waals surface area contributed by atoms with Crippen molar-refractivity contribution in [3.8, 4) is 6.07 Å². The lowest BCUT2D eigenvalue weighted by atomic mass is 10.0. The lowest BCUT2D eigenvalue weighted by Crippen LogP contribution is -2.35. The Morgan fingerprint density at radius 3 is 2.44 bits per heavy atom. The molecule has 0 bridgehead atoms. The molecule has 1 unspecified atom stereocenters. The van der Waals surface area contributed by atoms with Crippen LogP contribution in [0.1, 0.15) is 27.2 Å². The van der Waals surface area contributed by atoms with E-state index < -0.39 is 5.92 Å². The van der Waals surface area contributed by atoms with Crippen LogP contribution in [0.25, 0.3) is 0 Å². The molecule has 1 atom stereocenters. The molecule has 0 aromatic heterocycles. The third kappa shape index (κ3) is 6.96. The molecule has 5 heteroatoms. The molecule has 90 valence electrons. The standard InChI is InChI=1S/C6H8N2O.C5H10O2/c7-3-5-4-8-2-1-6(5)9;1-5(2,3)7-4-6/h5,8H,1-2,4H2;4H,1-3H3. The molecule has 5 nitrogen and oxygen atoms in total. The molecule has 1 saturated heterocycles. The zero-order valence-corrected chi connectivity index (χ0v) is 9.95. The zero-order chi connectivity index (χ0) is 12.6. The maximum atomic E-state index is 10.8. The highest BCUT2D eigenvalue weighted by Crippen LogP contribution is 2.03. The SMILES string of the molecule is CC(C)(C)OC=O.N#CC1CNCCC1=O. The van der Waals surface area contributed by atoms with Gasteiger partial charge in [-0.25, -0.2) is 0 Å². The molecule has 0 radical (unpaired) electrons. The summed E-state index contributed by atoms with van der Waals surface area (Å²) in [5, 5.41) is 11.3. The Morgan fingerprint density at radius 1 is 1.56 bits per heavy atom. The van der Waals surface area contributed by atoms with E-state index in [4.69, 9.17) is 5.26 Å². The summed E-state index contributed by atoms with van der Waals surface area (Å²) in [6, 6.07) is 1.94. The second-order valence-corrected chi connectivity index (χ2v) is 4.43. The minimum absolute atomic E-state index is 0.0799. The molecular weight excluding hydrogens is 208 g/mol. The van der Waals surface area contributed by atoms with Gasteiger partial charge in [-0.15, -0.1) is 0 Å². The number of ether oxygens (including phenoxy) is 1. The van der Waals surface area contributed by atoms with E-state index in [-0.39, 0.29) is 11.4 Å². The van der Waals surface area contributed by atoms with Crippen molar-refractivity contribution in [2.75, 3.05) is 13.1 Å². The van der Waals surface area contributed by atoms with Crippen molar-refractivity contribution in [1.82, 2.24) is 5.32 Å². The highest BCUT2D eigenvalue weighted by Gasteiger charge is 2.20. The number of carbonyl (C=O) groups excluding carboxylic acids is 2. The third-order valence-corrected chi connectivity index (χ3v) is 1.84. The van der Waals surface area contributed by atoms with Crippen LogP contribution >= 0.6 is 0 Å². The molecule has 1 aliphatic heterocycles. The number of nitrogens with one attached hydrogen (secondary N) is 1. The monoisotopic (exact) mass is 226 g/mol.